The first-order chi connectivity index (χ1) is 10.2. The fraction of sp³-hybridized carbons (Fsp3) is 0.125. The van der Waals surface area contributed by atoms with Crippen LogP contribution in [0.3, 0.4) is 0 Å². The van der Waals surface area contributed by atoms with Crippen LogP contribution in [-0.2, 0) is 6.42 Å². The van der Waals surface area contributed by atoms with E-state index in [2.05, 4.69) is 15.5 Å². The van der Waals surface area contributed by atoms with Crippen molar-refractivity contribution in [3.05, 3.63) is 64.3 Å². The molecular formula is C16H14ClN3O. The van der Waals surface area contributed by atoms with Crippen molar-refractivity contribution < 1.29 is 4.79 Å². The predicted octanol–water partition coefficient (Wildman–Crippen LogP) is 3.17. The lowest BCUT2D eigenvalue weighted by Gasteiger charge is -2.02. The third-order valence-corrected chi connectivity index (χ3v) is 3.67. The average Bonchev–Trinajstić information content (AvgIpc) is 2.91. The van der Waals surface area contributed by atoms with Gasteiger partial charge in [0, 0.05) is 35.1 Å². The van der Waals surface area contributed by atoms with Crippen LogP contribution in [0.1, 0.15) is 21.6 Å². The Morgan fingerprint density at radius 1 is 1.24 bits per heavy atom. The molecule has 0 atom stereocenters. The molecule has 3 rings (SSSR count). The van der Waals surface area contributed by atoms with Crippen LogP contribution in [0.25, 0.3) is 10.9 Å². The maximum atomic E-state index is 11.7. The SMILES string of the molecule is CNC(=O)c1ccc2n[nH]c(Cc3ccc(Cl)cc3)c2c1. The third kappa shape index (κ3) is 2.76. The average molecular weight is 300 g/mol. The minimum absolute atomic E-state index is 0.101. The maximum absolute atomic E-state index is 11.7. The normalized spacial score (nSPS) is 10.8. The van der Waals surface area contributed by atoms with Gasteiger partial charge in [-0.05, 0) is 35.9 Å². The quantitative estimate of drug-likeness (QED) is 0.780. The molecule has 0 aliphatic carbocycles. The molecule has 106 valence electrons. The number of halogens is 1. The van der Waals surface area contributed by atoms with E-state index in [0.717, 1.165) is 27.2 Å². The minimum Gasteiger partial charge on any atom is -0.355 e. The molecule has 1 amide bonds. The fourth-order valence-electron chi connectivity index (χ4n) is 2.29. The van der Waals surface area contributed by atoms with Crippen LogP contribution in [0, 0.1) is 0 Å². The maximum Gasteiger partial charge on any atom is 0.251 e. The largest absolute Gasteiger partial charge is 0.355 e. The number of fused-ring (bicyclic) bond motifs is 1. The van der Waals surface area contributed by atoms with Gasteiger partial charge in [-0.25, -0.2) is 0 Å². The standard InChI is InChI=1S/C16H14ClN3O/c1-18-16(21)11-4-7-14-13(9-11)15(20-19-14)8-10-2-5-12(17)6-3-10/h2-7,9H,8H2,1H3,(H,18,21)(H,19,20). The second-order valence-corrected chi connectivity index (χ2v) is 5.25. The molecule has 0 aliphatic rings. The van der Waals surface area contributed by atoms with E-state index in [1.807, 2.05) is 36.4 Å². The van der Waals surface area contributed by atoms with Crippen LogP contribution in [0.4, 0.5) is 0 Å². The zero-order chi connectivity index (χ0) is 14.8. The number of H-pyrrole nitrogens is 1. The summed E-state index contributed by atoms with van der Waals surface area (Å²) in [6, 6.07) is 13.2. The van der Waals surface area contributed by atoms with Crippen LogP contribution < -0.4 is 5.32 Å². The Morgan fingerprint density at radius 2 is 2.00 bits per heavy atom. The highest BCUT2D eigenvalue weighted by molar-refractivity contribution is 6.30. The number of aromatic amines is 1. The molecule has 0 bridgehead atoms. The molecule has 0 saturated carbocycles. The number of carbonyl (C=O) groups is 1. The molecule has 0 spiro atoms. The highest BCUT2D eigenvalue weighted by Gasteiger charge is 2.10. The molecule has 1 heterocycles. The second kappa shape index (κ2) is 5.58. The molecule has 4 nitrogen and oxygen atoms in total. The molecule has 0 aliphatic heterocycles. The van der Waals surface area contributed by atoms with Gasteiger partial charge in [-0.15, -0.1) is 0 Å². The summed E-state index contributed by atoms with van der Waals surface area (Å²) in [7, 11) is 1.62. The molecular weight excluding hydrogens is 286 g/mol. The van der Waals surface area contributed by atoms with Crippen LogP contribution in [-0.4, -0.2) is 23.2 Å². The Morgan fingerprint density at radius 3 is 2.71 bits per heavy atom. The van der Waals surface area contributed by atoms with Gasteiger partial charge in [0.05, 0.1) is 5.52 Å². The lowest BCUT2D eigenvalue weighted by Crippen LogP contribution is -2.17. The number of carbonyl (C=O) groups excluding carboxylic acids is 1. The number of benzene rings is 2. The van der Waals surface area contributed by atoms with E-state index < -0.39 is 0 Å². The number of aromatic nitrogens is 2. The van der Waals surface area contributed by atoms with Crippen molar-refractivity contribution in [2.45, 2.75) is 6.42 Å². The Labute approximate surface area is 127 Å². The Balaban J connectivity index is 1.98. The Kier molecular flexibility index (Phi) is 3.62. The molecule has 0 radical (unpaired) electrons. The highest BCUT2D eigenvalue weighted by atomic mass is 35.5. The van der Waals surface area contributed by atoms with Crippen LogP contribution in [0.5, 0.6) is 0 Å². The minimum atomic E-state index is -0.101. The number of nitrogens with zero attached hydrogens (tertiary/aromatic N) is 1. The number of hydrogen-bond donors (Lipinski definition) is 2. The zero-order valence-electron chi connectivity index (χ0n) is 11.5. The van der Waals surface area contributed by atoms with Crippen LogP contribution in [0.2, 0.25) is 5.02 Å². The molecule has 0 saturated heterocycles. The van der Waals surface area contributed by atoms with Crippen molar-refractivity contribution >= 4 is 28.4 Å². The Hall–Kier alpha value is -2.33. The monoisotopic (exact) mass is 299 g/mol. The summed E-state index contributed by atoms with van der Waals surface area (Å²) >= 11 is 5.90. The van der Waals surface area contributed by atoms with E-state index in [1.54, 1.807) is 13.1 Å². The van der Waals surface area contributed by atoms with Crippen LogP contribution >= 0.6 is 11.6 Å². The summed E-state index contributed by atoms with van der Waals surface area (Å²) in [6.07, 6.45) is 0.713. The van der Waals surface area contributed by atoms with E-state index in [4.69, 9.17) is 11.6 Å². The van der Waals surface area contributed by atoms with Crippen LogP contribution in [0.15, 0.2) is 42.5 Å². The topological polar surface area (TPSA) is 57.8 Å². The molecule has 5 heteroatoms. The molecule has 0 unspecified atom stereocenters. The van der Waals surface area contributed by atoms with Gasteiger partial charge in [0.25, 0.3) is 5.91 Å². The first kappa shape index (κ1) is 13.6. The van der Waals surface area contributed by atoms with Crippen molar-refractivity contribution in [2.24, 2.45) is 0 Å². The summed E-state index contributed by atoms with van der Waals surface area (Å²) in [5.74, 6) is -0.101. The molecule has 0 fully saturated rings. The highest BCUT2D eigenvalue weighted by Crippen LogP contribution is 2.21. The van der Waals surface area contributed by atoms with E-state index in [0.29, 0.717) is 12.0 Å². The first-order valence-electron chi connectivity index (χ1n) is 6.61. The molecule has 3 aromatic rings. The van der Waals surface area contributed by atoms with Gasteiger partial charge in [-0.3, -0.25) is 9.89 Å². The number of rotatable bonds is 3. The molecule has 2 N–H and O–H groups in total. The predicted molar refractivity (Wildman–Crippen MR) is 83.7 cm³/mol. The Bertz CT molecular complexity index is 793. The summed E-state index contributed by atoms with van der Waals surface area (Å²) in [6.45, 7) is 0. The van der Waals surface area contributed by atoms with E-state index in [1.165, 1.54) is 0 Å². The lowest BCUT2D eigenvalue weighted by atomic mass is 10.0. The summed E-state index contributed by atoms with van der Waals surface area (Å²) in [5.41, 5.74) is 3.60. The summed E-state index contributed by atoms with van der Waals surface area (Å²) in [5, 5.41) is 11.6. The van der Waals surface area contributed by atoms with Crippen molar-refractivity contribution in [3.8, 4) is 0 Å². The number of amides is 1. The number of hydrogen-bond acceptors (Lipinski definition) is 2. The lowest BCUT2D eigenvalue weighted by molar-refractivity contribution is 0.0963. The van der Waals surface area contributed by atoms with Gasteiger partial charge in [0.15, 0.2) is 0 Å². The summed E-state index contributed by atoms with van der Waals surface area (Å²) < 4.78 is 0. The molecule has 21 heavy (non-hydrogen) atoms. The van der Waals surface area contributed by atoms with E-state index in [9.17, 15) is 4.79 Å². The van der Waals surface area contributed by atoms with Crippen molar-refractivity contribution in [2.75, 3.05) is 7.05 Å². The first-order valence-corrected chi connectivity index (χ1v) is 6.98. The van der Waals surface area contributed by atoms with E-state index >= 15 is 0 Å². The second-order valence-electron chi connectivity index (χ2n) is 4.82. The van der Waals surface area contributed by atoms with Crippen molar-refractivity contribution in [1.29, 1.82) is 0 Å². The van der Waals surface area contributed by atoms with Gasteiger partial charge in [0.1, 0.15) is 0 Å². The molecule has 1 aromatic heterocycles. The van der Waals surface area contributed by atoms with Crippen molar-refractivity contribution in [1.82, 2.24) is 15.5 Å². The van der Waals surface area contributed by atoms with Gasteiger partial charge < -0.3 is 5.32 Å². The van der Waals surface area contributed by atoms with Gasteiger partial charge in [-0.2, -0.15) is 5.10 Å². The summed E-state index contributed by atoms with van der Waals surface area (Å²) in [4.78, 5) is 11.7. The molecule has 2 aromatic carbocycles. The number of nitrogens with one attached hydrogen (secondary N) is 2. The smallest absolute Gasteiger partial charge is 0.251 e. The fourth-order valence-corrected chi connectivity index (χ4v) is 2.42. The third-order valence-electron chi connectivity index (χ3n) is 3.42. The van der Waals surface area contributed by atoms with Crippen molar-refractivity contribution in [3.63, 3.8) is 0 Å². The van der Waals surface area contributed by atoms with Gasteiger partial charge >= 0.3 is 0 Å². The van der Waals surface area contributed by atoms with Gasteiger partial charge in [-0.1, -0.05) is 23.7 Å². The zero-order valence-corrected chi connectivity index (χ0v) is 12.2. The van der Waals surface area contributed by atoms with Gasteiger partial charge in [0.2, 0.25) is 0 Å². The van der Waals surface area contributed by atoms with E-state index in [-0.39, 0.29) is 5.91 Å².